The molecule has 8 heteroatoms. The Labute approximate surface area is 106 Å². The molecule has 0 aromatic carbocycles. The average molecular weight is 259 g/mol. The van der Waals surface area contributed by atoms with Crippen LogP contribution in [0.4, 0.5) is 5.95 Å². The van der Waals surface area contributed by atoms with E-state index in [2.05, 4.69) is 29.9 Å². The summed E-state index contributed by atoms with van der Waals surface area (Å²) < 4.78 is 0. The Balaban J connectivity index is 2.03. The van der Waals surface area contributed by atoms with Crippen molar-refractivity contribution in [2.24, 2.45) is 0 Å². The maximum Gasteiger partial charge on any atom is 0.221 e. The van der Waals surface area contributed by atoms with Gasteiger partial charge in [-0.3, -0.25) is 0 Å². The van der Waals surface area contributed by atoms with Crippen molar-refractivity contribution in [2.45, 2.75) is 17.0 Å². The van der Waals surface area contributed by atoms with Gasteiger partial charge in [-0.25, -0.2) is 24.9 Å². The molecule has 0 amide bonds. The first kappa shape index (κ1) is 10.9. The molecule has 0 aliphatic carbocycles. The van der Waals surface area contributed by atoms with Crippen molar-refractivity contribution in [2.75, 3.05) is 5.73 Å². The lowest BCUT2D eigenvalue weighted by molar-refractivity contribution is 1.01. The number of nitrogens with two attached hydrogens (primary N) is 1. The normalized spacial score (nSPS) is 10.9. The Kier molecular flexibility index (Phi) is 2.56. The number of aromatic nitrogens is 6. The summed E-state index contributed by atoms with van der Waals surface area (Å²) in [5, 5.41) is 1.50. The van der Waals surface area contributed by atoms with Gasteiger partial charge in [-0.15, -0.1) is 0 Å². The molecule has 0 fully saturated rings. The first-order valence-electron chi connectivity index (χ1n) is 5.15. The zero-order valence-corrected chi connectivity index (χ0v) is 10.3. The Morgan fingerprint density at radius 3 is 2.94 bits per heavy atom. The van der Waals surface area contributed by atoms with Crippen molar-refractivity contribution >= 4 is 28.9 Å². The number of hydrogen-bond acceptors (Lipinski definition) is 7. The van der Waals surface area contributed by atoms with Crippen LogP contribution in [-0.4, -0.2) is 29.9 Å². The molecule has 0 bridgehead atoms. The highest BCUT2D eigenvalue weighted by atomic mass is 32.2. The lowest BCUT2D eigenvalue weighted by Gasteiger charge is -2.02. The number of aryl methyl sites for hydroxylation is 1. The van der Waals surface area contributed by atoms with Crippen molar-refractivity contribution in [3.05, 3.63) is 24.4 Å². The molecule has 0 spiro atoms. The molecule has 90 valence electrons. The quantitative estimate of drug-likeness (QED) is 0.665. The third kappa shape index (κ3) is 1.97. The van der Waals surface area contributed by atoms with Crippen LogP contribution in [0.1, 0.15) is 5.69 Å². The van der Waals surface area contributed by atoms with E-state index in [1.165, 1.54) is 18.1 Å². The number of hydrogen-bond donors (Lipinski definition) is 2. The van der Waals surface area contributed by atoms with E-state index in [1.807, 2.05) is 13.0 Å². The Morgan fingerprint density at radius 2 is 2.11 bits per heavy atom. The molecule has 0 radical (unpaired) electrons. The fourth-order valence-electron chi connectivity index (χ4n) is 1.53. The molecular weight excluding hydrogens is 250 g/mol. The number of fused-ring (bicyclic) bond motifs is 1. The highest BCUT2D eigenvalue weighted by molar-refractivity contribution is 7.99. The van der Waals surface area contributed by atoms with Gasteiger partial charge in [-0.2, -0.15) is 0 Å². The van der Waals surface area contributed by atoms with Crippen molar-refractivity contribution < 1.29 is 0 Å². The van der Waals surface area contributed by atoms with Crippen LogP contribution < -0.4 is 5.73 Å². The van der Waals surface area contributed by atoms with Gasteiger partial charge < -0.3 is 10.7 Å². The van der Waals surface area contributed by atoms with Crippen LogP contribution in [-0.2, 0) is 0 Å². The molecule has 0 unspecified atom stereocenters. The molecule has 0 atom stereocenters. The molecule has 7 nitrogen and oxygen atoms in total. The highest BCUT2D eigenvalue weighted by Gasteiger charge is 2.09. The lowest BCUT2D eigenvalue weighted by atomic mass is 10.5. The Morgan fingerprint density at radius 1 is 1.22 bits per heavy atom. The number of rotatable bonds is 2. The van der Waals surface area contributed by atoms with Crippen molar-refractivity contribution in [3.8, 4) is 0 Å². The van der Waals surface area contributed by atoms with Crippen LogP contribution in [0.5, 0.6) is 0 Å². The second-order valence-corrected chi connectivity index (χ2v) is 4.60. The second kappa shape index (κ2) is 4.22. The number of nitrogens with zero attached hydrogens (tertiary/aromatic N) is 5. The topological polar surface area (TPSA) is 106 Å². The summed E-state index contributed by atoms with van der Waals surface area (Å²) >= 11 is 1.40. The van der Waals surface area contributed by atoms with Crippen LogP contribution >= 0.6 is 11.8 Å². The van der Waals surface area contributed by atoms with E-state index >= 15 is 0 Å². The fraction of sp³-hybridized carbons (Fsp3) is 0.100. The monoisotopic (exact) mass is 259 g/mol. The number of nitrogen functional groups attached to an aromatic ring is 1. The predicted octanol–water partition coefficient (Wildman–Crippen LogP) is 1.18. The van der Waals surface area contributed by atoms with Gasteiger partial charge >= 0.3 is 0 Å². The zero-order chi connectivity index (χ0) is 12.5. The summed E-state index contributed by atoms with van der Waals surface area (Å²) in [5.41, 5.74) is 7.86. The largest absolute Gasteiger partial charge is 0.368 e. The smallest absolute Gasteiger partial charge is 0.221 e. The van der Waals surface area contributed by atoms with Crippen LogP contribution in [0, 0.1) is 6.92 Å². The molecule has 3 heterocycles. The molecular formula is C10H9N7S. The number of imidazole rings is 1. The number of nitrogens with one attached hydrogen (secondary N) is 1. The Bertz CT molecular complexity index is 688. The summed E-state index contributed by atoms with van der Waals surface area (Å²) in [5.74, 6) is 0.257. The van der Waals surface area contributed by atoms with E-state index in [9.17, 15) is 0 Å². The standard InChI is InChI=1S/C10H9N7S/c1-5-2-6(17-10(11)16-5)18-9-7-8(13-3-12-7)14-4-15-9/h2-4H,1H3,(H2,11,16,17)(H,12,13,14,15). The minimum Gasteiger partial charge on any atom is -0.368 e. The average Bonchev–Trinajstić information content (AvgIpc) is 2.76. The van der Waals surface area contributed by atoms with Gasteiger partial charge in [0.05, 0.1) is 6.33 Å². The van der Waals surface area contributed by atoms with Gasteiger partial charge in [0.2, 0.25) is 5.95 Å². The summed E-state index contributed by atoms with van der Waals surface area (Å²) in [7, 11) is 0. The molecule has 18 heavy (non-hydrogen) atoms. The van der Waals surface area contributed by atoms with E-state index in [0.29, 0.717) is 5.65 Å². The van der Waals surface area contributed by atoms with Gasteiger partial charge in [0.1, 0.15) is 21.9 Å². The molecule has 3 N–H and O–H groups in total. The summed E-state index contributed by atoms with van der Waals surface area (Å²) in [4.78, 5) is 23.5. The van der Waals surface area contributed by atoms with Gasteiger partial charge in [-0.05, 0) is 24.8 Å². The molecule has 3 aromatic heterocycles. The molecule has 0 saturated heterocycles. The van der Waals surface area contributed by atoms with Crippen LogP contribution in [0.3, 0.4) is 0 Å². The van der Waals surface area contributed by atoms with Crippen molar-refractivity contribution in [1.82, 2.24) is 29.9 Å². The minimum atomic E-state index is 0.257. The molecule has 3 rings (SSSR count). The first-order chi connectivity index (χ1) is 8.72. The Hall–Kier alpha value is -2.22. The van der Waals surface area contributed by atoms with Crippen LogP contribution in [0.2, 0.25) is 0 Å². The fourth-order valence-corrected chi connectivity index (χ4v) is 2.45. The van der Waals surface area contributed by atoms with Crippen LogP contribution in [0.25, 0.3) is 11.2 Å². The van der Waals surface area contributed by atoms with E-state index in [4.69, 9.17) is 5.73 Å². The maximum absolute atomic E-state index is 5.62. The minimum absolute atomic E-state index is 0.257. The van der Waals surface area contributed by atoms with Crippen LogP contribution in [0.15, 0.2) is 28.8 Å². The van der Waals surface area contributed by atoms with Gasteiger partial charge in [0.25, 0.3) is 0 Å². The summed E-state index contributed by atoms with van der Waals surface area (Å²) in [6, 6.07) is 1.85. The number of aromatic amines is 1. The molecule has 0 saturated carbocycles. The lowest BCUT2D eigenvalue weighted by Crippen LogP contribution is -1.97. The zero-order valence-electron chi connectivity index (χ0n) is 9.45. The SMILES string of the molecule is Cc1cc(Sc2ncnc3nc[nH]c23)nc(N)n1. The summed E-state index contributed by atoms with van der Waals surface area (Å²) in [6.45, 7) is 1.87. The molecule has 0 aliphatic heterocycles. The highest BCUT2D eigenvalue weighted by Crippen LogP contribution is 2.28. The number of H-pyrrole nitrogens is 1. The number of anilines is 1. The van der Waals surface area contributed by atoms with Gasteiger partial charge in [-0.1, -0.05) is 0 Å². The third-order valence-corrected chi connectivity index (χ3v) is 3.16. The van der Waals surface area contributed by atoms with E-state index in [0.717, 1.165) is 21.3 Å². The summed E-state index contributed by atoms with van der Waals surface area (Å²) in [6.07, 6.45) is 3.06. The van der Waals surface area contributed by atoms with E-state index in [-0.39, 0.29) is 5.95 Å². The third-order valence-electron chi connectivity index (χ3n) is 2.24. The molecule has 3 aromatic rings. The van der Waals surface area contributed by atoms with Gasteiger partial charge in [0.15, 0.2) is 5.65 Å². The first-order valence-corrected chi connectivity index (χ1v) is 5.97. The van der Waals surface area contributed by atoms with Gasteiger partial charge in [0, 0.05) is 5.69 Å². The second-order valence-electron chi connectivity index (χ2n) is 3.59. The van der Waals surface area contributed by atoms with E-state index in [1.54, 1.807) is 6.33 Å². The van der Waals surface area contributed by atoms with Crippen molar-refractivity contribution in [1.29, 1.82) is 0 Å². The van der Waals surface area contributed by atoms with Crippen molar-refractivity contribution in [3.63, 3.8) is 0 Å². The predicted molar refractivity (Wildman–Crippen MR) is 67.0 cm³/mol. The molecule has 0 aliphatic rings. The maximum atomic E-state index is 5.62. The van der Waals surface area contributed by atoms with E-state index < -0.39 is 0 Å².